The zero-order chi connectivity index (χ0) is 13.1. The highest BCUT2D eigenvalue weighted by atomic mass is 15.3. The summed E-state index contributed by atoms with van der Waals surface area (Å²) in [5.74, 6) is 0. The van der Waals surface area contributed by atoms with Crippen LogP contribution in [-0.4, -0.2) is 6.17 Å². The van der Waals surface area contributed by atoms with Gasteiger partial charge in [-0.25, -0.2) is 0 Å². The summed E-state index contributed by atoms with van der Waals surface area (Å²) in [4.78, 5) is 0. The minimum absolute atomic E-state index is 0.451. The van der Waals surface area contributed by atoms with Crippen molar-refractivity contribution >= 4 is 16.5 Å². The van der Waals surface area contributed by atoms with E-state index in [-0.39, 0.29) is 0 Å². The van der Waals surface area contributed by atoms with E-state index in [1.807, 2.05) is 0 Å². The summed E-state index contributed by atoms with van der Waals surface area (Å²) >= 11 is 0. The molecule has 1 saturated heterocycles. The van der Waals surface area contributed by atoms with Gasteiger partial charge in [-0.05, 0) is 28.0 Å². The van der Waals surface area contributed by atoms with Gasteiger partial charge in [0.25, 0.3) is 0 Å². The third kappa shape index (κ3) is 1.37. The number of rotatable bonds is 1. The van der Waals surface area contributed by atoms with Crippen molar-refractivity contribution in [1.29, 1.82) is 0 Å². The molecule has 2 nitrogen and oxygen atoms in total. The molecule has 5 rings (SSSR count). The van der Waals surface area contributed by atoms with Gasteiger partial charge >= 0.3 is 0 Å². The first-order chi connectivity index (χ1) is 9.90. The van der Waals surface area contributed by atoms with Crippen molar-refractivity contribution in [3.63, 3.8) is 0 Å². The summed E-state index contributed by atoms with van der Waals surface area (Å²) in [5.41, 5.74) is 5.30. The average molecular weight is 258 g/mol. The molecule has 2 aliphatic heterocycles. The summed E-state index contributed by atoms with van der Waals surface area (Å²) in [6.45, 7) is 0. The summed E-state index contributed by atoms with van der Waals surface area (Å²) in [5, 5.41) is 9.59. The number of anilines is 1. The molecule has 96 valence electrons. The molecule has 2 heterocycles. The van der Waals surface area contributed by atoms with Crippen LogP contribution in [0.3, 0.4) is 0 Å². The molecule has 3 aromatic rings. The fraction of sp³-hybridized carbons (Fsp3) is 0.111. The van der Waals surface area contributed by atoms with Gasteiger partial charge in [0.1, 0.15) is 0 Å². The molecule has 0 radical (unpaired) electrons. The van der Waals surface area contributed by atoms with Crippen LogP contribution in [-0.2, 0) is 0 Å². The fourth-order valence-corrected chi connectivity index (χ4v) is 3.28. The van der Waals surface area contributed by atoms with Gasteiger partial charge in [-0.1, -0.05) is 54.6 Å². The highest BCUT2D eigenvalue weighted by molar-refractivity contribution is 5.91. The second-order valence-corrected chi connectivity index (χ2v) is 5.60. The summed E-state index contributed by atoms with van der Waals surface area (Å²) < 4.78 is 0. The van der Waals surface area contributed by atoms with E-state index in [0.717, 1.165) is 0 Å². The molecule has 3 aromatic carbocycles. The van der Waals surface area contributed by atoms with Crippen molar-refractivity contribution < 1.29 is 0 Å². The Bertz CT molecular complexity index is 838. The Morgan fingerprint density at radius 3 is 2.65 bits per heavy atom. The van der Waals surface area contributed by atoms with Gasteiger partial charge in [-0.2, -0.15) is 0 Å². The highest BCUT2D eigenvalue weighted by Crippen LogP contribution is 2.46. The number of benzene rings is 3. The van der Waals surface area contributed by atoms with Crippen LogP contribution < -0.4 is 10.6 Å². The Balaban J connectivity index is 1.72. The SMILES string of the molecule is c1cc(-c2ccc3ccccc3c2)c2c(c1)[C@@H]1N[C@H]1N2. The Morgan fingerprint density at radius 1 is 0.800 bits per heavy atom. The molecule has 0 bridgehead atoms. The van der Waals surface area contributed by atoms with Gasteiger partial charge in [0.15, 0.2) is 0 Å². The quantitative estimate of drug-likeness (QED) is 0.649. The molecular formula is C18H14N2. The Labute approximate surface area is 117 Å². The molecule has 2 aliphatic rings. The highest BCUT2D eigenvalue weighted by Gasteiger charge is 2.45. The zero-order valence-electron chi connectivity index (χ0n) is 10.9. The van der Waals surface area contributed by atoms with Crippen LogP contribution in [0.15, 0.2) is 60.7 Å². The second-order valence-electron chi connectivity index (χ2n) is 5.60. The fourth-order valence-electron chi connectivity index (χ4n) is 3.28. The van der Waals surface area contributed by atoms with Crippen molar-refractivity contribution in [2.24, 2.45) is 0 Å². The maximum absolute atomic E-state index is 3.58. The molecule has 2 heteroatoms. The lowest BCUT2D eigenvalue weighted by Gasteiger charge is -2.12. The maximum atomic E-state index is 3.58. The van der Waals surface area contributed by atoms with E-state index in [0.29, 0.717) is 12.2 Å². The lowest BCUT2D eigenvalue weighted by molar-refractivity contribution is 1.08. The molecule has 20 heavy (non-hydrogen) atoms. The van der Waals surface area contributed by atoms with E-state index in [4.69, 9.17) is 0 Å². The largest absolute Gasteiger partial charge is 0.367 e. The minimum atomic E-state index is 0.451. The number of nitrogens with one attached hydrogen (secondary N) is 2. The van der Waals surface area contributed by atoms with Crippen LogP contribution in [0.1, 0.15) is 11.6 Å². The molecule has 2 atom stereocenters. The third-order valence-corrected chi connectivity index (χ3v) is 4.38. The van der Waals surface area contributed by atoms with Crippen molar-refractivity contribution in [3.05, 3.63) is 66.2 Å². The predicted octanol–water partition coefficient (Wildman–Crippen LogP) is 3.90. The standard InChI is InChI=1S/C18H14N2/c1-2-5-12-10-13(9-8-11(12)4-1)14-6-3-7-15-16(14)19-18-17(15)20-18/h1-10,17-20H/t17-,18+/m0/s1. The molecule has 2 N–H and O–H groups in total. The normalized spacial score (nSPS) is 22.2. The molecule has 0 aromatic heterocycles. The Kier molecular flexibility index (Phi) is 1.89. The van der Waals surface area contributed by atoms with Gasteiger partial charge in [0.2, 0.25) is 0 Å². The Hall–Kier alpha value is -2.32. The molecule has 1 fully saturated rings. The van der Waals surface area contributed by atoms with Gasteiger partial charge in [0.05, 0.1) is 12.2 Å². The molecular weight excluding hydrogens is 244 g/mol. The van der Waals surface area contributed by atoms with Crippen LogP contribution in [0.5, 0.6) is 0 Å². The van der Waals surface area contributed by atoms with Gasteiger partial charge < -0.3 is 5.32 Å². The molecule has 0 amide bonds. The van der Waals surface area contributed by atoms with E-state index in [9.17, 15) is 0 Å². The van der Waals surface area contributed by atoms with Crippen molar-refractivity contribution in [2.75, 3.05) is 5.32 Å². The maximum Gasteiger partial charge on any atom is 0.0975 e. The third-order valence-electron chi connectivity index (χ3n) is 4.38. The van der Waals surface area contributed by atoms with Crippen LogP contribution in [0.25, 0.3) is 21.9 Å². The summed E-state index contributed by atoms with van der Waals surface area (Å²) in [6, 6.07) is 22.3. The van der Waals surface area contributed by atoms with Gasteiger partial charge in [-0.3, -0.25) is 5.32 Å². The van der Waals surface area contributed by atoms with E-state index in [2.05, 4.69) is 71.3 Å². The number of fused-ring (bicyclic) bond motifs is 4. The van der Waals surface area contributed by atoms with Crippen LogP contribution in [0.4, 0.5) is 5.69 Å². The van der Waals surface area contributed by atoms with E-state index < -0.39 is 0 Å². The van der Waals surface area contributed by atoms with Crippen molar-refractivity contribution in [2.45, 2.75) is 12.2 Å². The predicted molar refractivity (Wildman–Crippen MR) is 82.7 cm³/mol. The van der Waals surface area contributed by atoms with E-state index >= 15 is 0 Å². The topological polar surface area (TPSA) is 34.0 Å². The van der Waals surface area contributed by atoms with Crippen molar-refractivity contribution in [1.82, 2.24) is 5.32 Å². The van der Waals surface area contributed by atoms with E-state index in [1.54, 1.807) is 0 Å². The molecule has 0 unspecified atom stereocenters. The second kappa shape index (κ2) is 3.62. The first kappa shape index (κ1) is 10.5. The first-order valence-corrected chi connectivity index (χ1v) is 7.05. The number of para-hydroxylation sites is 1. The number of hydrogen-bond donors (Lipinski definition) is 2. The zero-order valence-corrected chi connectivity index (χ0v) is 10.9. The monoisotopic (exact) mass is 258 g/mol. The molecule has 0 aliphatic carbocycles. The average Bonchev–Trinajstić information content (AvgIpc) is 3.18. The number of hydrogen-bond acceptors (Lipinski definition) is 2. The molecule has 0 spiro atoms. The first-order valence-electron chi connectivity index (χ1n) is 7.05. The molecule has 0 saturated carbocycles. The minimum Gasteiger partial charge on any atom is -0.367 e. The van der Waals surface area contributed by atoms with Crippen LogP contribution in [0, 0.1) is 0 Å². The lowest BCUT2D eigenvalue weighted by atomic mass is 9.97. The summed E-state index contributed by atoms with van der Waals surface area (Å²) in [6.07, 6.45) is 0.451. The van der Waals surface area contributed by atoms with Gasteiger partial charge in [0, 0.05) is 11.3 Å². The lowest BCUT2D eigenvalue weighted by Crippen LogP contribution is -2.05. The van der Waals surface area contributed by atoms with Crippen molar-refractivity contribution in [3.8, 4) is 11.1 Å². The Morgan fingerprint density at radius 2 is 1.70 bits per heavy atom. The summed E-state index contributed by atoms with van der Waals surface area (Å²) in [7, 11) is 0. The van der Waals surface area contributed by atoms with Crippen LogP contribution in [0.2, 0.25) is 0 Å². The van der Waals surface area contributed by atoms with Crippen LogP contribution >= 0.6 is 0 Å². The smallest absolute Gasteiger partial charge is 0.0975 e. The van der Waals surface area contributed by atoms with E-state index in [1.165, 1.54) is 33.2 Å². The van der Waals surface area contributed by atoms with Gasteiger partial charge in [-0.15, -0.1) is 0 Å².